The minimum atomic E-state index is -0.0480. The van der Waals surface area contributed by atoms with Crippen molar-refractivity contribution >= 4 is 11.9 Å². The summed E-state index contributed by atoms with van der Waals surface area (Å²) in [5.41, 5.74) is 0. The van der Waals surface area contributed by atoms with Crippen LogP contribution in [0.5, 0.6) is 0 Å². The summed E-state index contributed by atoms with van der Waals surface area (Å²) in [5.74, 6) is 0.956. The van der Waals surface area contributed by atoms with E-state index in [1.54, 1.807) is 0 Å². The van der Waals surface area contributed by atoms with E-state index < -0.39 is 0 Å². The van der Waals surface area contributed by atoms with Gasteiger partial charge >= 0.3 is 5.97 Å². The largest absolute Gasteiger partial charge is 0.466 e. The first-order chi connectivity index (χ1) is 12.2. The second kappa shape index (κ2) is 11.3. The van der Waals surface area contributed by atoms with E-state index in [4.69, 9.17) is 14.5 Å². The minimum absolute atomic E-state index is 0.0406. The molecule has 1 saturated heterocycles. The van der Waals surface area contributed by atoms with Crippen molar-refractivity contribution in [2.24, 2.45) is 10.9 Å². The van der Waals surface area contributed by atoms with Gasteiger partial charge in [-0.25, -0.2) is 0 Å². The molecule has 0 radical (unpaired) electrons. The zero-order chi connectivity index (χ0) is 17.9. The van der Waals surface area contributed by atoms with Crippen LogP contribution in [0.1, 0.15) is 58.8 Å². The number of hydrogen-bond donors (Lipinski definition) is 1. The van der Waals surface area contributed by atoms with E-state index in [2.05, 4.69) is 17.1 Å². The number of aliphatic imine (C=N–C) groups is 1. The summed E-state index contributed by atoms with van der Waals surface area (Å²) in [4.78, 5) is 18.9. The van der Waals surface area contributed by atoms with Crippen LogP contribution < -0.4 is 5.32 Å². The van der Waals surface area contributed by atoms with Gasteiger partial charge in [-0.05, 0) is 46.0 Å². The zero-order valence-electron chi connectivity index (χ0n) is 16.0. The molecule has 0 atom stereocenters. The molecule has 1 aliphatic heterocycles. The number of carbonyl (C=O) groups is 1. The lowest BCUT2D eigenvalue weighted by Gasteiger charge is -2.33. The first-order valence-electron chi connectivity index (χ1n) is 10.1. The molecule has 2 aliphatic rings. The van der Waals surface area contributed by atoms with Crippen LogP contribution in [0.3, 0.4) is 0 Å². The van der Waals surface area contributed by atoms with Gasteiger partial charge in [-0.2, -0.15) is 0 Å². The van der Waals surface area contributed by atoms with Crippen LogP contribution in [-0.4, -0.2) is 62.3 Å². The second-order valence-corrected chi connectivity index (χ2v) is 6.88. The highest BCUT2D eigenvalue weighted by Crippen LogP contribution is 2.21. The SMILES string of the molecule is CCNC(=NCCCOC1CCCC1)N1CCC(C(=O)OCC)CC1. The Hall–Kier alpha value is -1.30. The van der Waals surface area contributed by atoms with Gasteiger partial charge in [0, 0.05) is 32.8 Å². The first kappa shape index (κ1) is 20.0. The molecular weight excluding hydrogens is 318 g/mol. The smallest absolute Gasteiger partial charge is 0.309 e. The fourth-order valence-electron chi connectivity index (χ4n) is 3.57. The van der Waals surface area contributed by atoms with Crippen molar-refractivity contribution in [3.05, 3.63) is 0 Å². The Morgan fingerprint density at radius 3 is 2.52 bits per heavy atom. The van der Waals surface area contributed by atoms with E-state index in [0.717, 1.165) is 58.0 Å². The van der Waals surface area contributed by atoms with Crippen molar-refractivity contribution < 1.29 is 14.3 Å². The number of nitrogens with zero attached hydrogens (tertiary/aromatic N) is 2. The van der Waals surface area contributed by atoms with Gasteiger partial charge in [0.05, 0.1) is 18.6 Å². The number of ether oxygens (including phenoxy) is 2. The number of nitrogens with one attached hydrogen (secondary N) is 1. The normalized spacial score (nSPS) is 20.1. The summed E-state index contributed by atoms with van der Waals surface area (Å²) < 4.78 is 11.0. The molecule has 1 saturated carbocycles. The summed E-state index contributed by atoms with van der Waals surface area (Å²) >= 11 is 0. The lowest BCUT2D eigenvalue weighted by Crippen LogP contribution is -2.46. The van der Waals surface area contributed by atoms with Gasteiger partial charge in [0.25, 0.3) is 0 Å². The molecule has 1 aliphatic carbocycles. The Labute approximate surface area is 152 Å². The summed E-state index contributed by atoms with van der Waals surface area (Å²) in [6.07, 6.45) is 8.21. The van der Waals surface area contributed by atoms with Gasteiger partial charge in [0.15, 0.2) is 5.96 Å². The molecular formula is C19H35N3O3. The molecule has 0 amide bonds. The first-order valence-corrected chi connectivity index (χ1v) is 10.1. The molecule has 0 aromatic heterocycles. The van der Waals surface area contributed by atoms with E-state index in [9.17, 15) is 4.79 Å². The molecule has 25 heavy (non-hydrogen) atoms. The zero-order valence-corrected chi connectivity index (χ0v) is 16.0. The Bertz CT molecular complexity index is 414. The Balaban J connectivity index is 1.70. The quantitative estimate of drug-likeness (QED) is 0.314. The van der Waals surface area contributed by atoms with Gasteiger partial charge < -0.3 is 19.7 Å². The van der Waals surface area contributed by atoms with Crippen LogP contribution in [0.25, 0.3) is 0 Å². The minimum Gasteiger partial charge on any atom is -0.466 e. The highest BCUT2D eigenvalue weighted by Gasteiger charge is 2.27. The van der Waals surface area contributed by atoms with E-state index in [1.165, 1.54) is 25.7 Å². The lowest BCUT2D eigenvalue weighted by molar-refractivity contribution is -0.149. The van der Waals surface area contributed by atoms with Gasteiger partial charge in [0.2, 0.25) is 0 Å². The summed E-state index contributed by atoms with van der Waals surface area (Å²) in [5, 5.41) is 3.37. The highest BCUT2D eigenvalue weighted by atomic mass is 16.5. The molecule has 0 aromatic carbocycles. The van der Waals surface area contributed by atoms with Crippen LogP contribution in [0.15, 0.2) is 4.99 Å². The Morgan fingerprint density at radius 2 is 1.88 bits per heavy atom. The van der Waals surface area contributed by atoms with Crippen molar-refractivity contribution in [2.45, 2.75) is 64.9 Å². The maximum atomic E-state index is 11.9. The third-order valence-corrected chi connectivity index (χ3v) is 4.97. The molecule has 6 nitrogen and oxygen atoms in total. The Morgan fingerprint density at radius 1 is 1.16 bits per heavy atom. The average molecular weight is 354 g/mol. The number of hydrogen-bond acceptors (Lipinski definition) is 4. The topological polar surface area (TPSA) is 63.2 Å². The molecule has 1 N–H and O–H groups in total. The van der Waals surface area contributed by atoms with E-state index in [0.29, 0.717) is 12.7 Å². The molecule has 1 heterocycles. The summed E-state index contributed by atoms with van der Waals surface area (Å²) in [6.45, 7) is 8.57. The summed E-state index contributed by atoms with van der Waals surface area (Å²) in [7, 11) is 0. The van der Waals surface area contributed by atoms with Crippen LogP contribution in [-0.2, 0) is 14.3 Å². The van der Waals surface area contributed by atoms with Gasteiger partial charge in [0.1, 0.15) is 0 Å². The molecule has 144 valence electrons. The van der Waals surface area contributed by atoms with Crippen molar-refractivity contribution in [1.82, 2.24) is 10.2 Å². The fourth-order valence-corrected chi connectivity index (χ4v) is 3.57. The van der Waals surface area contributed by atoms with Crippen molar-refractivity contribution in [3.63, 3.8) is 0 Å². The van der Waals surface area contributed by atoms with Gasteiger partial charge in [-0.3, -0.25) is 9.79 Å². The van der Waals surface area contributed by atoms with Crippen LogP contribution in [0.4, 0.5) is 0 Å². The van der Waals surface area contributed by atoms with Crippen molar-refractivity contribution in [1.29, 1.82) is 0 Å². The fraction of sp³-hybridized carbons (Fsp3) is 0.895. The lowest BCUT2D eigenvalue weighted by atomic mass is 9.97. The van der Waals surface area contributed by atoms with Gasteiger partial charge in [-0.1, -0.05) is 12.8 Å². The average Bonchev–Trinajstić information content (AvgIpc) is 3.14. The molecule has 6 heteroatoms. The number of rotatable bonds is 8. The second-order valence-electron chi connectivity index (χ2n) is 6.88. The number of piperidine rings is 1. The van der Waals surface area contributed by atoms with E-state index in [-0.39, 0.29) is 11.9 Å². The predicted molar refractivity (Wildman–Crippen MR) is 99.7 cm³/mol. The molecule has 0 aromatic rings. The maximum absolute atomic E-state index is 11.9. The number of guanidine groups is 1. The van der Waals surface area contributed by atoms with Gasteiger partial charge in [-0.15, -0.1) is 0 Å². The van der Waals surface area contributed by atoms with E-state index in [1.807, 2.05) is 6.92 Å². The third kappa shape index (κ3) is 6.84. The number of esters is 1. The number of carbonyl (C=O) groups excluding carboxylic acids is 1. The molecule has 0 spiro atoms. The highest BCUT2D eigenvalue weighted by molar-refractivity contribution is 5.80. The molecule has 2 fully saturated rings. The number of likely N-dealkylation sites (tertiary alicyclic amines) is 1. The third-order valence-electron chi connectivity index (χ3n) is 4.97. The van der Waals surface area contributed by atoms with Crippen molar-refractivity contribution in [2.75, 3.05) is 39.4 Å². The predicted octanol–water partition coefficient (Wildman–Crippen LogP) is 2.58. The van der Waals surface area contributed by atoms with Crippen LogP contribution in [0.2, 0.25) is 0 Å². The van der Waals surface area contributed by atoms with Crippen molar-refractivity contribution in [3.8, 4) is 0 Å². The van der Waals surface area contributed by atoms with Crippen LogP contribution in [0, 0.1) is 5.92 Å². The maximum Gasteiger partial charge on any atom is 0.309 e. The Kier molecular flexibility index (Phi) is 9.08. The monoisotopic (exact) mass is 353 g/mol. The standard InChI is InChI=1S/C19H35N3O3/c1-3-20-19(21-12-7-15-25-17-8-5-6-9-17)22-13-10-16(11-14-22)18(23)24-4-2/h16-17H,3-15H2,1-2H3,(H,20,21). The molecule has 2 rings (SSSR count). The molecule has 0 bridgehead atoms. The van der Waals surface area contributed by atoms with E-state index >= 15 is 0 Å². The van der Waals surface area contributed by atoms with Crippen LogP contribution >= 0.6 is 0 Å². The molecule has 0 unspecified atom stereocenters. The summed E-state index contributed by atoms with van der Waals surface area (Å²) in [6, 6.07) is 0.